The van der Waals surface area contributed by atoms with E-state index in [1.54, 1.807) is 13.0 Å². The Bertz CT molecular complexity index is 417. The molecule has 0 aliphatic heterocycles. The van der Waals surface area contributed by atoms with Crippen LogP contribution in [0.25, 0.3) is 0 Å². The second-order valence-corrected chi connectivity index (χ2v) is 5.43. The van der Waals surface area contributed by atoms with E-state index in [0.29, 0.717) is 23.2 Å². The van der Waals surface area contributed by atoms with Crippen molar-refractivity contribution < 1.29 is 9.18 Å². The van der Waals surface area contributed by atoms with Gasteiger partial charge < -0.3 is 10.6 Å². The molecule has 0 saturated carbocycles. The van der Waals surface area contributed by atoms with E-state index in [1.807, 2.05) is 0 Å². The third-order valence-electron chi connectivity index (χ3n) is 2.66. The molecule has 3 nitrogen and oxygen atoms in total. The maximum Gasteiger partial charge on any atom is 0.242 e. The van der Waals surface area contributed by atoms with Gasteiger partial charge in [0, 0.05) is 17.3 Å². The summed E-state index contributed by atoms with van der Waals surface area (Å²) in [4.78, 5) is 11.8. The van der Waals surface area contributed by atoms with Gasteiger partial charge in [0.1, 0.15) is 11.9 Å². The lowest BCUT2D eigenvalue weighted by molar-refractivity contribution is -0.121. The summed E-state index contributed by atoms with van der Waals surface area (Å²) in [6.45, 7) is 6.57. The molecular weight excluding hydrogens is 267 g/mol. The zero-order chi connectivity index (χ0) is 14.4. The summed E-state index contributed by atoms with van der Waals surface area (Å²) >= 11 is 5.75. The van der Waals surface area contributed by atoms with E-state index in [4.69, 9.17) is 11.6 Å². The second-order valence-electron chi connectivity index (χ2n) is 5.00. The molecule has 0 aromatic heterocycles. The number of amides is 1. The van der Waals surface area contributed by atoms with Crippen LogP contribution in [0.4, 0.5) is 10.1 Å². The molecule has 0 fully saturated rings. The van der Waals surface area contributed by atoms with Gasteiger partial charge in [0.05, 0.1) is 0 Å². The lowest BCUT2D eigenvalue weighted by Crippen LogP contribution is -2.38. The smallest absolute Gasteiger partial charge is 0.242 e. The Morgan fingerprint density at radius 2 is 2.00 bits per heavy atom. The summed E-state index contributed by atoms with van der Waals surface area (Å²) in [7, 11) is 0. The number of benzene rings is 1. The van der Waals surface area contributed by atoms with Crippen LogP contribution in [-0.4, -0.2) is 18.5 Å². The Kier molecular flexibility index (Phi) is 6.09. The highest BCUT2D eigenvalue weighted by Crippen LogP contribution is 2.18. The molecule has 0 saturated heterocycles. The molecule has 0 bridgehead atoms. The molecule has 1 unspecified atom stereocenters. The van der Waals surface area contributed by atoms with Gasteiger partial charge in [-0.05, 0) is 37.5 Å². The van der Waals surface area contributed by atoms with Gasteiger partial charge in [-0.15, -0.1) is 0 Å². The van der Waals surface area contributed by atoms with Crippen molar-refractivity contribution in [2.24, 2.45) is 5.92 Å². The minimum absolute atomic E-state index is 0.110. The molecule has 1 aromatic rings. The summed E-state index contributed by atoms with van der Waals surface area (Å²) in [6, 6.07) is 3.68. The molecule has 19 heavy (non-hydrogen) atoms. The van der Waals surface area contributed by atoms with Gasteiger partial charge in [-0.2, -0.15) is 0 Å². The van der Waals surface area contributed by atoms with Gasteiger partial charge in [0.25, 0.3) is 0 Å². The summed E-state index contributed by atoms with van der Waals surface area (Å²) in [5.74, 6) is 0.00837. The molecular formula is C14H20ClFN2O. The van der Waals surface area contributed by atoms with Gasteiger partial charge in [0.2, 0.25) is 5.91 Å². The van der Waals surface area contributed by atoms with E-state index in [1.165, 1.54) is 12.1 Å². The average molecular weight is 287 g/mol. The molecule has 2 N–H and O–H groups in total. The standard InChI is InChI=1S/C14H20ClFN2O/c1-9(2)4-5-17-14(19)10(3)18-13-7-11(15)6-12(16)8-13/h6-10,18H,4-5H2,1-3H3,(H,17,19). The zero-order valence-electron chi connectivity index (χ0n) is 11.5. The summed E-state index contributed by atoms with van der Waals surface area (Å²) in [5, 5.41) is 6.06. The minimum atomic E-state index is -0.440. The minimum Gasteiger partial charge on any atom is -0.374 e. The van der Waals surface area contributed by atoms with Crippen LogP contribution < -0.4 is 10.6 Å². The molecule has 1 atom stereocenters. The highest BCUT2D eigenvalue weighted by Gasteiger charge is 2.12. The normalized spacial score (nSPS) is 12.3. The van der Waals surface area contributed by atoms with Gasteiger partial charge in [-0.25, -0.2) is 4.39 Å². The van der Waals surface area contributed by atoms with Crippen LogP contribution in [-0.2, 0) is 4.79 Å². The number of anilines is 1. The van der Waals surface area contributed by atoms with Crippen molar-refractivity contribution >= 4 is 23.2 Å². The maximum absolute atomic E-state index is 13.1. The van der Waals surface area contributed by atoms with Crippen LogP contribution in [0.2, 0.25) is 5.02 Å². The largest absolute Gasteiger partial charge is 0.374 e. The molecule has 0 radical (unpaired) electrons. The molecule has 0 heterocycles. The number of hydrogen-bond donors (Lipinski definition) is 2. The summed E-state index contributed by atoms with van der Waals surface area (Å²) in [5.41, 5.74) is 0.497. The van der Waals surface area contributed by atoms with E-state index in [0.717, 1.165) is 6.42 Å². The van der Waals surface area contributed by atoms with E-state index in [2.05, 4.69) is 24.5 Å². The first kappa shape index (κ1) is 15.8. The van der Waals surface area contributed by atoms with Crippen LogP contribution in [0.1, 0.15) is 27.2 Å². The maximum atomic E-state index is 13.1. The Hall–Kier alpha value is -1.29. The highest BCUT2D eigenvalue weighted by molar-refractivity contribution is 6.30. The summed E-state index contributed by atoms with van der Waals surface area (Å²) in [6.07, 6.45) is 0.935. The zero-order valence-corrected chi connectivity index (χ0v) is 12.2. The predicted octanol–water partition coefficient (Wildman–Crippen LogP) is 3.44. The SMILES string of the molecule is CC(C)CCNC(=O)C(C)Nc1cc(F)cc(Cl)c1. The van der Waals surface area contributed by atoms with Crippen molar-refractivity contribution in [1.82, 2.24) is 5.32 Å². The van der Waals surface area contributed by atoms with Crippen LogP contribution in [0, 0.1) is 11.7 Å². The predicted molar refractivity (Wildman–Crippen MR) is 77.0 cm³/mol. The first-order chi connectivity index (χ1) is 8.88. The Morgan fingerprint density at radius 1 is 1.32 bits per heavy atom. The van der Waals surface area contributed by atoms with Crippen LogP contribution >= 0.6 is 11.6 Å². The van der Waals surface area contributed by atoms with E-state index in [-0.39, 0.29) is 5.91 Å². The highest BCUT2D eigenvalue weighted by atomic mass is 35.5. The van der Waals surface area contributed by atoms with E-state index >= 15 is 0 Å². The molecule has 106 valence electrons. The van der Waals surface area contributed by atoms with Crippen molar-refractivity contribution in [3.63, 3.8) is 0 Å². The number of halogens is 2. The molecule has 1 aromatic carbocycles. The fourth-order valence-corrected chi connectivity index (χ4v) is 1.81. The third kappa shape index (κ3) is 5.92. The number of carbonyl (C=O) groups is 1. The van der Waals surface area contributed by atoms with Gasteiger partial charge in [-0.1, -0.05) is 25.4 Å². The molecule has 1 amide bonds. The van der Waals surface area contributed by atoms with Crippen molar-refractivity contribution in [3.8, 4) is 0 Å². The van der Waals surface area contributed by atoms with E-state index < -0.39 is 11.9 Å². The lowest BCUT2D eigenvalue weighted by atomic mass is 10.1. The number of carbonyl (C=O) groups excluding carboxylic acids is 1. The fourth-order valence-electron chi connectivity index (χ4n) is 1.59. The topological polar surface area (TPSA) is 41.1 Å². The first-order valence-corrected chi connectivity index (χ1v) is 6.76. The van der Waals surface area contributed by atoms with Gasteiger partial charge in [-0.3, -0.25) is 4.79 Å². The Balaban J connectivity index is 2.49. The number of hydrogen-bond acceptors (Lipinski definition) is 2. The average Bonchev–Trinajstić information content (AvgIpc) is 2.26. The van der Waals surface area contributed by atoms with Crippen LogP contribution in [0.5, 0.6) is 0 Å². The molecule has 0 spiro atoms. The van der Waals surface area contributed by atoms with Crippen molar-refractivity contribution in [1.29, 1.82) is 0 Å². The molecule has 0 aliphatic rings. The van der Waals surface area contributed by atoms with Crippen LogP contribution in [0.3, 0.4) is 0 Å². The van der Waals surface area contributed by atoms with Crippen molar-refractivity contribution in [2.75, 3.05) is 11.9 Å². The monoisotopic (exact) mass is 286 g/mol. The van der Waals surface area contributed by atoms with Gasteiger partial charge >= 0.3 is 0 Å². The third-order valence-corrected chi connectivity index (χ3v) is 2.88. The Labute approximate surface area is 118 Å². The van der Waals surface area contributed by atoms with Crippen LogP contribution in [0.15, 0.2) is 18.2 Å². The number of nitrogens with one attached hydrogen (secondary N) is 2. The lowest BCUT2D eigenvalue weighted by Gasteiger charge is -2.16. The second kappa shape index (κ2) is 7.34. The van der Waals surface area contributed by atoms with E-state index in [9.17, 15) is 9.18 Å². The summed E-state index contributed by atoms with van der Waals surface area (Å²) < 4.78 is 13.1. The molecule has 0 aliphatic carbocycles. The Morgan fingerprint density at radius 3 is 2.58 bits per heavy atom. The van der Waals surface area contributed by atoms with Gasteiger partial charge in [0.15, 0.2) is 0 Å². The molecule has 5 heteroatoms. The quantitative estimate of drug-likeness (QED) is 0.841. The number of rotatable bonds is 6. The van der Waals surface area contributed by atoms with Crippen molar-refractivity contribution in [3.05, 3.63) is 29.0 Å². The first-order valence-electron chi connectivity index (χ1n) is 6.39. The van der Waals surface area contributed by atoms with Crippen molar-refractivity contribution in [2.45, 2.75) is 33.2 Å². The molecule has 1 rings (SSSR count). The fraction of sp³-hybridized carbons (Fsp3) is 0.500.